The molecule has 3 fully saturated rings. The lowest BCUT2D eigenvalue weighted by molar-refractivity contribution is -0.142. The normalized spacial score (nSPS) is 20.6. The van der Waals surface area contributed by atoms with E-state index in [2.05, 4.69) is 48.5 Å². The lowest BCUT2D eigenvalue weighted by atomic mass is 9.85. The summed E-state index contributed by atoms with van der Waals surface area (Å²) in [7, 11) is 0. The number of anilines is 1. The van der Waals surface area contributed by atoms with Gasteiger partial charge < -0.3 is 55.3 Å². The number of ether oxygens (including phenoxy) is 1. The fourth-order valence-corrected chi connectivity index (χ4v) is 10.9. The second kappa shape index (κ2) is 20.9. The highest BCUT2D eigenvalue weighted by molar-refractivity contribution is 5.93. The number of aromatic hydroxyl groups is 1. The predicted octanol–water partition coefficient (Wildman–Crippen LogP) is 4.64. The van der Waals surface area contributed by atoms with Crippen molar-refractivity contribution in [1.82, 2.24) is 50.5 Å². The van der Waals surface area contributed by atoms with Crippen molar-refractivity contribution < 1.29 is 34.4 Å². The number of nitrogens with zero attached hydrogens (tertiary/aromatic N) is 8. The number of phenolic OH excluding ortho intramolecular Hbond substituents is 1. The van der Waals surface area contributed by atoms with E-state index in [4.69, 9.17) is 21.1 Å². The van der Waals surface area contributed by atoms with Gasteiger partial charge in [-0.25, -0.2) is 14.8 Å². The van der Waals surface area contributed by atoms with Gasteiger partial charge in [-0.2, -0.15) is 0 Å². The number of para-hydroxylation sites is 1. The van der Waals surface area contributed by atoms with Gasteiger partial charge >= 0.3 is 6.03 Å². The number of amides is 4. The molecule has 374 valence electrons. The Morgan fingerprint density at radius 1 is 0.986 bits per heavy atom. The van der Waals surface area contributed by atoms with Crippen molar-refractivity contribution in [3.8, 4) is 35.1 Å². The second-order valence-corrected chi connectivity index (χ2v) is 20.4. The third-order valence-corrected chi connectivity index (χ3v) is 14.8. The SMILES string of the molecule is C#Cc1ccc(CNC(=O)[C@@H]2C[C@@H](O)CN2C(=O)[C@@H](NC(=O)N2CCC(N3CCC(c4cnc(N5CCc6[nH]c7nnc(-c8ccccc8O)cc7c6[C@H]5C)nc4)CC3)CC2)C(C)(C)C)c(OCCO)c1. The van der Waals surface area contributed by atoms with E-state index in [1.165, 1.54) is 4.90 Å². The first-order chi connectivity index (χ1) is 34.2. The zero-order valence-corrected chi connectivity index (χ0v) is 41.0. The van der Waals surface area contributed by atoms with Crippen molar-refractivity contribution >= 4 is 34.8 Å². The van der Waals surface area contributed by atoms with Crippen LogP contribution in [0.1, 0.15) is 99.7 Å². The third-order valence-electron chi connectivity index (χ3n) is 14.8. The monoisotopic (exact) mass is 968 g/mol. The molecule has 0 radical (unpaired) electrons. The number of nitrogens with one attached hydrogen (secondary N) is 3. The maximum absolute atomic E-state index is 14.3. The molecule has 0 aliphatic carbocycles. The topological polar surface area (TPSA) is 225 Å². The standard InChI is InChI=1S/C53H65N11O7/c1-6-33-11-12-35(45(25-33)71-24-23-65)28-54-49(68)43-26-38(66)31-64(43)50(69)47(53(3,4)5)58-52(70)62-20-15-37(16-21-62)61-18-13-34(14-19-61)36-29-55-51(56-30-36)63-22-17-41-46(32(63)2)40-27-42(59-60-48(40)57-41)39-9-7-8-10-44(39)67/h1,7-12,25,27,29-30,32,34,37-38,43,47,65-67H,13-24,26,28,31H2,2-5H3,(H,54,68)(H,57,60)(H,58,70)/t32-,38-,43+,47-/m1/s1. The van der Waals surface area contributed by atoms with Gasteiger partial charge in [0.2, 0.25) is 17.8 Å². The average Bonchev–Trinajstić information content (AvgIpc) is 3.97. The van der Waals surface area contributed by atoms with E-state index in [1.807, 2.05) is 51.4 Å². The number of carbonyl (C=O) groups is 3. The fourth-order valence-electron chi connectivity index (χ4n) is 10.9. The largest absolute Gasteiger partial charge is 0.507 e. The molecule has 0 bridgehead atoms. The molecule has 9 rings (SSSR count). The maximum atomic E-state index is 14.3. The number of aromatic nitrogens is 5. The summed E-state index contributed by atoms with van der Waals surface area (Å²) < 4.78 is 5.66. The molecule has 3 aromatic heterocycles. The van der Waals surface area contributed by atoms with Crippen LogP contribution in [0.5, 0.6) is 11.5 Å². The number of benzene rings is 2. The number of urea groups is 1. The van der Waals surface area contributed by atoms with Crippen LogP contribution in [0, 0.1) is 17.8 Å². The quantitative estimate of drug-likeness (QED) is 0.0939. The molecule has 3 saturated heterocycles. The highest BCUT2D eigenvalue weighted by atomic mass is 16.5. The number of hydrogen-bond acceptors (Lipinski definition) is 13. The molecule has 0 unspecified atom stereocenters. The first-order valence-electron chi connectivity index (χ1n) is 24.8. The smallest absolute Gasteiger partial charge is 0.318 e. The minimum Gasteiger partial charge on any atom is -0.507 e. The van der Waals surface area contributed by atoms with E-state index in [-0.39, 0.29) is 50.5 Å². The van der Waals surface area contributed by atoms with Crippen molar-refractivity contribution in [2.75, 3.05) is 57.4 Å². The summed E-state index contributed by atoms with van der Waals surface area (Å²) in [5.74, 6) is 3.33. The molecule has 18 nitrogen and oxygen atoms in total. The van der Waals surface area contributed by atoms with Crippen molar-refractivity contribution in [3.05, 3.63) is 88.9 Å². The molecule has 18 heteroatoms. The molecular formula is C53H65N11O7. The van der Waals surface area contributed by atoms with Gasteiger partial charge in [-0.15, -0.1) is 16.6 Å². The predicted molar refractivity (Wildman–Crippen MR) is 267 cm³/mol. The summed E-state index contributed by atoms with van der Waals surface area (Å²) in [6.07, 6.45) is 13.1. The van der Waals surface area contributed by atoms with Gasteiger partial charge in [0.15, 0.2) is 5.65 Å². The van der Waals surface area contributed by atoms with Crippen LogP contribution in [-0.4, -0.2) is 150 Å². The molecule has 2 aromatic carbocycles. The van der Waals surface area contributed by atoms with Crippen LogP contribution in [0.25, 0.3) is 22.3 Å². The van der Waals surface area contributed by atoms with E-state index in [9.17, 15) is 29.7 Å². The van der Waals surface area contributed by atoms with Gasteiger partial charge in [0.1, 0.15) is 30.2 Å². The zero-order chi connectivity index (χ0) is 50.0. The third kappa shape index (κ3) is 10.5. The molecule has 4 aliphatic rings. The van der Waals surface area contributed by atoms with E-state index < -0.39 is 35.4 Å². The van der Waals surface area contributed by atoms with Crippen LogP contribution in [0.4, 0.5) is 10.7 Å². The number of piperidine rings is 2. The highest BCUT2D eigenvalue weighted by Gasteiger charge is 2.45. The Morgan fingerprint density at radius 2 is 1.73 bits per heavy atom. The van der Waals surface area contributed by atoms with Crippen LogP contribution < -0.4 is 20.3 Å². The van der Waals surface area contributed by atoms with E-state index in [0.717, 1.165) is 79.6 Å². The van der Waals surface area contributed by atoms with E-state index in [1.54, 1.807) is 35.2 Å². The van der Waals surface area contributed by atoms with Gasteiger partial charge in [0, 0.05) is 97.3 Å². The molecule has 0 saturated carbocycles. The minimum absolute atomic E-state index is 0.00746. The van der Waals surface area contributed by atoms with Gasteiger partial charge in [0.25, 0.3) is 0 Å². The van der Waals surface area contributed by atoms with Gasteiger partial charge in [-0.3, -0.25) is 9.59 Å². The summed E-state index contributed by atoms with van der Waals surface area (Å²) in [6.45, 7) is 11.4. The molecule has 71 heavy (non-hydrogen) atoms. The number of phenols is 1. The Labute approximate surface area is 414 Å². The van der Waals surface area contributed by atoms with Gasteiger partial charge in [-0.05, 0) is 92.9 Å². The Kier molecular flexibility index (Phi) is 14.5. The van der Waals surface area contributed by atoms with Crippen LogP contribution in [0.15, 0.2) is 60.9 Å². The first kappa shape index (κ1) is 49.2. The molecular weight excluding hydrogens is 903 g/mol. The second-order valence-electron chi connectivity index (χ2n) is 20.4. The molecule has 5 aromatic rings. The average molecular weight is 968 g/mol. The summed E-state index contributed by atoms with van der Waals surface area (Å²) in [5.41, 5.74) is 5.93. The first-order valence-corrected chi connectivity index (χ1v) is 24.8. The molecule has 6 N–H and O–H groups in total. The number of aliphatic hydroxyl groups excluding tert-OH is 2. The number of fused-ring (bicyclic) bond motifs is 3. The van der Waals surface area contributed by atoms with Crippen LogP contribution in [0.2, 0.25) is 0 Å². The summed E-state index contributed by atoms with van der Waals surface area (Å²) in [4.78, 5) is 63.1. The van der Waals surface area contributed by atoms with Crippen molar-refractivity contribution in [3.63, 3.8) is 0 Å². The van der Waals surface area contributed by atoms with E-state index in [0.29, 0.717) is 59.1 Å². The van der Waals surface area contributed by atoms with Crippen LogP contribution in [-0.2, 0) is 22.6 Å². The van der Waals surface area contributed by atoms with Crippen LogP contribution in [0.3, 0.4) is 0 Å². The number of carbonyl (C=O) groups excluding carboxylic acids is 3. The number of likely N-dealkylation sites (tertiary alicyclic amines) is 3. The Hall–Kier alpha value is -6.81. The number of aliphatic hydroxyl groups is 2. The lowest BCUT2D eigenvalue weighted by Crippen LogP contribution is -2.60. The summed E-state index contributed by atoms with van der Waals surface area (Å²) in [5, 5.41) is 46.3. The lowest BCUT2D eigenvalue weighted by Gasteiger charge is -2.42. The molecule has 4 aliphatic heterocycles. The maximum Gasteiger partial charge on any atom is 0.318 e. The Balaban J connectivity index is 0.760. The summed E-state index contributed by atoms with van der Waals surface area (Å²) in [6, 6.07) is 12.4. The minimum atomic E-state index is -0.947. The number of aromatic amines is 1. The molecule has 4 atom stereocenters. The number of hydrogen-bond donors (Lipinski definition) is 6. The number of terminal acetylenes is 1. The van der Waals surface area contributed by atoms with Gasteiger partial charge in [-0.1, -0.05) is 44.9 Å². The zero-order valence-electron chi connectivity index (χ0n) is 41.0. The van der Waals surface area contributed by atoms with Crippen LogP contribution >= 0.6 is 0 Å². The molecule has 7 heterocycles. The fraction of sp³-hybridized carbons (Fsp3) is 0.491. The summed E-state index contributed by atoms with van der Waals surface area (Å²) >= 11 is 0. The van der Waals surface area contributed by atoms with Gasteiger partial charge in [0.05, 0.1) is 24.4 Å². The number of β-amino-alcohol motifs (C(OH)–C–C–N with tert-alkyl or cyclic N) is 1. The Bertz CT molecular complexity index is 2770. The highest BCUT2D eigenvalue weighted by Crippen LogP contribution is 2.39. The number of H-pyrrole nitrogens is 1. The van der Waals surface area contributed by atoms with Crippen molar-refractivity contribution in [2.45, 2.75) is 109 Å². The van der Waals surface area contributed by atoms with Crippen molar-refractivity contribution in [1.29, 1.82) is 0 Å². The van der Waals surface area contributed by atoms with Crippen molar-refractivity contribution in [2.24, 2.45) is 5.41 Å². The number of rotatable bonds is 12. The molecule has 0 spiro atoms. The Morgan fingerprint density at radius 3 is 2.44 bits per heavy atom. The van der Waals surface area contributed by atoms with E-state index >= 15 is 0 Å². The molecule has 4 amide bonds.